The average Bonchev–Trinajstić information content (AvgIpc) is 2.28. The molecule has 0 bridgehead atoms. The normalized spacial score (nSPS) is 11.4. The Morgan fingerprint density at radius 2 is 2.11 bits per heavy atom. The molecule has 102 valence electrons. The van der Waals surface area contributed by atoms with Crippen LogP contribution >= 0.6 is 11.6 Å². The van der Waals surface area contributed by atoms with Gasteiger partial charge in [0.05, 0.1) is 12.8 Å². The van der Waals surface area contributed by atoms with Crippen LogP contribution in [0.25, 0.3) is 0 Å². The van der Waals surface area contributed by atoms with Crippen molar-refractivity contribution in [2.45, 2.75) is 40.5 Å². The van der Waals surface area contributed by atoms with Crippen LogP contribution in [0.15, 0.2) is 6.20 Å². The summed E-state index contributed by atoms with van der Waals surface area (Å²) in [5.41, 5.74) is 0.239. The van der Waals surface area contributed by atoms with E-state index in [4.69, 9.17) is 16.3 Å². The molecule has 0 aliphatic rings. The molecule has 0 unspecified atom stereocenters. The van der Waals surface area contributed by atoms with Gasteiger partial charge in [-0.05, 0) is 18.3 Å². The lowest BCUT2D eigenvalue weighted by atomic mass is 9.93. The Labute approximate surface area is 114 Å². The number of aromatic nitrogens is 2. The van der Waals surface area contributed by atoms with Crippen LogP contribution in [0.2, 0.25) is 5.02 Å². The summed E-state index contributed by atoms with van der Waals surface area (Å²) in [5.74, 6) is 1.02. The zero-order chi connectivity index (χ0) is 13.6. The van der Waals surface area contributed by atoms with Gasteiger partial charge in [0.15, 0.2) is 0 Å². The second-order valence-corrected chi connectivity index (χ2v) is 5.84. The lowest BCUT2D eigenvalue weighted by Crippen LogP contribution is -2.12. The third-order valence-electron chi connectivity index (χ3n) is 2.34. The Morgan fingerprint density at radius 1 is 1.39 bits per heavy atom. The van der Waals surface area contributed by atoms with Crippen molar-refractivity contribution in [2.24, 2.45) is 5.41 Å². The first-order valence-corrected chi connectivity index (χ1v) is 6.69. The number of ether oxygens (including phenoxy) is 1. The molecule has 0 radical (unpaired) electrons. The van der Waals surface area contributed by atoms with Crippen LogP contribution in [0.1, 0.15) is 40.5 Å². The smallest absolute Gasteiger partial charge is 0.237 e. The molecule has 18 heavy (non-hydrogen) atoms. The number of hydrogen-bond acceptors (Lipinski definition) is 4. The maximum Gasteiger partial charge on any atom is 0.237 e. The van der Waals surface area contributed by atoms with Gasteiger partial charge in [0.25, 0.3) is 0 Å². The van der Waals surface area contributed by atoms with Crippen molar-refractivity contribution in [3.8, 4) is 5.88 Å². The monoisotopic (exact) mass is 271 g/mol. The van der Waals surface area contributed by atoms with Crippen LogP contribution in [0.3, 0.4) is 0 Å². The Morgan fingerprint density at radius 3 is 2.72 bits per heavy atom. The van der Waals surface area contributed by atoms with Gasteiger partial charge in [0, 0.05) is 6.54 Å². The fourth-order valence-electron chi connectivity index (χ4n) is 1.23. The zero-order valence-corrected chi connectivity index (χ0v) is 12.3. The summed E-state index contributed by atoms with van der Waals surface area (Å²) in [5, 5.41) is 3.56. The Balaban J connectivity index is 2.58. The molecule has 1 aromatic heterocycles. The standard InChI is InChI=1S/C13H22ClN3O/c1-5-7-15-12-16-9-10(14)11(17-12)18-8-6-13(2,3)4/h9H,5-8H2,1-4H3,(H,15,16,17). The van der Waals surface area contributed by atoms with Crippen molar-refractivity contribution in [2.75, 3.05) is 18.5 Å². The van der Waals surface area contributed by atoms with E-state index in [0.717, 1.165) is 19.4 Å². The van der Waals surface area contributed by atoms with Crippen LogP contribution in [0.5, 0.6) is 5.88 Å². The second-order valence-electron chi connectivity index (χ2n) is 5.43. The fraction of sp³-hybridized carbons (Fsp3) is 0.692. The topological polar surface area (TPSA) is 47.0 Å². The van der Waals surface area contributed by atoms with E-state index in [-0.39, 0.29) is 5.41 Å². The van der Waals surface area contributed by atoms with Crippen molar-refractivity contribution < 1.29 is 4.74 Å². The molecule has 0 aliphatic heterocycles. The molecular formula is C13H22ClN3O. The molecule has 5 heteroatoms. The highest BCUT2D eigenvalue weighted by molar-refractivity contribution is 6.31. The molecule has 1 rings (SSSR count). The molecule has 0 saturated heterocycles. The Kier molecular flexibility index (Phi) is 5.66. The van der Waals surface area contributed by atoms with Gasteiger partial charge in [0.1, 0.15) is 5.02 Å². The SMILES string of the molecule is CCCNc1ncc(Cl)c(OCCC(C)(C)C)n1. The van der Waals surface area contributed by atoms with Crippen molar-refractivity contribution in [1.82, 2.24) is 9.97 Å². The summed E-state index contributed by atoms with van der Waals surface area (Å²) < 4.78 is 5.61. The van der Waals surface area contributed by atoms with Crippen molar-refractivity contribution in [3.63, 3.8) is 0 Å². The number of hydrogen-bond donors (Lipinski definition) is 1. The molecule has 0 saturated carbocycles. The lowest BCUT2D eigenvalue weighted by Gasteiger charge is -2.18. The fourth-order valence-corrected chi connectivity index (χ4v) is 1.37. The molecule has 0 aliphatic carbocycles. The van der Waals surface area contributed by atoms with E-state index in [1.54, 1.807) is 6.20 Å². The van der Waals surface area contributed by atoms with Crippen LogP contribution in [0.4, 0.5) is 5.95 Å². The highest BCUT2D eigenvalue weighted by Crippen LogP contribution is 2.24. The number of anilines is 1. The van der Waals surface area contributed by atoms with Gasteiger partial charge in [-0.2, -0.15) is 4.98 Å². The molecule has 0 amide bonds. The van der Waals surface area contributed by atoms with Crippen LogP contribution < -0.4 is 10.1 Å². The summed E-state index contributed by atoms with van der Waals surface area (Å²) in [4.78, 5) is 8.35. The summed E-state index contributed by atoms with van der Waals surface area (Å²) in [6, 6.07) is 0. The van der Waals surface area contributed by atoms with Crippen molar-refractivity contribution in [1.29, 1.82) is 0 Å². The Bertz CT molecular complexity index is 377. The first kappa shape index (κ1) is 15.0. The van der Waals surface area contributed by atoms with Gasteiger partial charge in [-0.3, -0.25) is 0 Å². The van der Waals surface area contributed by atoms with Crippen LogP contribution in [-0.4, -0.2) is 23.1 Å². The molecule has 1 heterocycles. The first-order chi connectivity index (χ1) is 8.42. The minimum atomic E-state index is 0.239. The zero-order valence-electron chi connectivity index (χ0n) is 11.6. The molecule has 4 nitrogen and oxygen atoms in total. The summed E-state index contributed by atoms with van der Waals surface area (Å²) in [7, 11) is 0. The number of nitrogens with zero attached hydrogens (tertiary/aromatic N) is 2. The van der Waals surface area contributed by atoms with E-state index < -0.39 is 0 Å². The van der Waals surface area contributed by atoms with E-state index >= 15 is 0 Å². The highest BCUT2D eigenvalue weighted by Gasteiger charge is 2.12. The molecule has 0 aromatic carbocycles. The van der Waals surface area contributed by atoms with Gasteiger partial charge in [-0.1, -0.05) is 39.3 Å². The summed E-state index contributed by atoms with van der Waals surface area (Å²) in [6.07, 6.45) is 3.54. The van der Waals surface area contributed by atoms with E-state index in [0.29, 0.717) is 23.5 Å². The van der Waals surface area contributed by atoms with Crippen LogP contribution in [-0.2, 0) is 0 Å². The quantitative estimate of drug-likeness (QED) is 0.856. The van der Waals surface area contributed by atoms with Gasteiger partial charge < -0.3 is 10.1 Å². The van der Waals surface area contributed by atoms with Crippen molar-refractivity contribution in [3.05, 3.63) is 11.2 Å². The molecule has 1 aromatic rings. The summed E-state index contributed by atoms with van der Waals surface area (Å²) in [6.45, 7) is 10.0. The Hall–Kier alpha value is -1.03. The molecule has 0 atom stereocenters. The van der Waals surface area contributed by atoms with Gasteiger partial charge >= 0.3 is 0 Å². The van der Waals surface area contributed by atoms with E-state index in [1.165, 1.54) is 0 Å². The predicted octanol–water partition coefficient (Wildman–Crippen LogP) is 3.77. The second kappa shape index (κ2) is 6.78. The first-order valence-electron chi connectivity index (χ1n) is 6.31. The van der Waals surface area contributed by atoms with Gasteiger partial charge in [-0.15, -0.1) is 0 Å². The minimum absolute atomic E-state index is 0.239. The third-order valence-corrected chi connectivity index (χ3v) is 2.60. The maximum absolute atomic E-state index is 6.00. The number of rotatable bonds is 6. The van der Waals surface area contributed by atoms with E-state index in [2.05, 4.69) is 43.0 Å². The molecule has 0 fully saturated rings. The van der Waals surface area contributed by atoms with Gasteiger partial charge in [-0.25, -0.2) is 4.98 Å². The van der Waals surface area contributed by atoms with Crippen molar-refractivity contribution >= 4 is 17.5 Å². The lowest BCUT2D eigenvalue weighted by molar-refractivity contribution is 0.236. The largest absolute Gasteiger partial charge is 0.476 e. The minimum Gasteiger partial charge on any atom is -0.476 e. The molecular weight excluding hydrogens is 250 g/mol. The van der Waals surface area contributed by atoms with E-state index in [9.17, 15) is 0 Å². The average molecular weight is 272 g/mol. The third kappa shape index (κ3) is 5.54. The summed E-state index contributed by atoms with van der Waals surface area (Å²) >= 11 is 6.00. The number of halogens is 1. The van der Waals surface area contributed by atoms with Crippen LogP contribution in [0, 0.1) is 5.41 Å². The predicted molar refractivity (Wildman–Crippen MR) is 75.4 cm³/mol. The van der Waals surface area contributed by atoms with E-state index in [1.807, 2.05) is 0 Å². The maximum atomic E-state index is 6.00. The number of nitrogens with one attached hydrogen (secondary N) is 1. The van der Waals surface area contributed by atoms with Gasteiger partial charge in [0.2, 0.25) is 11.8 Å². The highest BCUT2D eigenvalue weighted by atomic mass is 35.5. The molecule has 0 spiro atoms. The molecule has 1 N–H and O–H groups in total.